The SMILES string of the molecule is CC(NCc1ccc(F)c(C#N)c1)C1CCOCC1. The van der Waals surface area contributed by atoms with Gasteiger partial charge in [-0.05, 0) is 43.4 Å². The molecule has 1 N–H and O–H groups in total. The average Bonchev–Trinajstić information content (AvgIpc) is 2.47. The lowest BCUT2D eigenvalue weighted by atomic mass is 9.93. The Labute approximate surface area is 113 Å². The Hall–Kier alpha value is -1.44. The predicted octanol–water partition coefficient (Wildman–Crippen LogP) is 2.60. The topological polar surface area (TPSA) is 45.0 Å². The molecule has 3 nitrogen and oxygen atoms in total. The number of nitriles is 1. The van der Waals surface area contributed by atoms with Crippen molar-refractivity contribution in [3.05, 3.63) is 35.1 Å². The molecular weight excluding hydrogens is 243 g/mol. The summed E-state index contributed by atoms with van der Waals surface area (Å²) in [5.41, 5.74) is 1.05. The fraction of sp³-hybridized carbons (Fsp3) is 0.533. The van der Waals surface area contributed by atoms with Gasteiger partial charge in [-0.25, -0.2) is 4.39 Å². The number of hydrogen-bond donors (Lipinski definition) is 1. The molecule has 0 amide bonds. The number of nitrogens with one attached hydrogen (secondary N) is 1. The molecule has 1 saturated heterocycles. The predicted molar refractivity (Wildman–Crippen MR) is 71.0 cm³/mol. The number of rotatable bonds is 4. The fourth-order valence-electron chi connectivity index (χ4n) is 2.43. The zero-order chi connectivity index (χ0) is 13.7. The van der Waals surface area contributed by atoms with Gasteiger partial charge in [0.2, 0.25) is 0 Å². The van der Waals surface area contributed by atoms with Crippen molar-refractivity contribution in [2.24, 2.45) is 5.92 Å². The van der Waals surface area contributed by atoms with E-state index in [0.717, 1.165) is 31.6 Å². The molecule has 2 rings (SSSR count). The van der Waals surface area contributed by atoms with Crippen LogP contribution in [0, 0.1) is 23.1 Å². The highest BCUT2D eigenvalue weighted by Crippen LogP contribution is 2.19. The van der Waals surface area contributed by atoms with Crippen molar-refractivity contribution in [1.29, 1.82) is 5.26 Å². The van der Waals surface area contributed by atoms with Crippen molar-refractivity contribution in [3.8, 4) is 6.07 Å². The Morgan fingerprint density at radius 2 is 2.21 bits per heavy atom. The van der Waals surface area contributed by atoms with Crippen LogP contribution in [-0.4, -0.2) is 19.3 Å². The molecule has 1 aliphatic heterocycles. The zero-order valence-corrected chi connectivity index (χ0v) is 11.2. The van der Waals surface area contributed by atoms with Crippen molar-refractivity contribution in [1.82, 2.24) is 5.32 Å². The minimum atomic E-state index is -0.455. The summed E-state index contributed by atoms with van der Waals surface area (Å²) in [6, 6.07) is 6.96. The Balaban J connectivity index is 1.89. The number of benzene rings is 1. The summed E-state index contributed by atoms with van der Waals surface area (Å²) in [5.74, 6) is 0.174. The van der Waals surface area contributed by atoms with Crippen molar-refractivity contribution >= 4 is 0 Å². The summed E-state index contributed by atoms with van der Waals surface area (Å²) in [6.45, 7) is 4.51. The molecule has 0 saturated carbocycles. The molecule has 0 radical (unpaired) electrons. The van der Waals surface area contributed by atoms with E-state index in [1.807, 2.05) is 6.07 Å². The molecule has 4 heteroatoms. The normalized spacial score (nSPS) is 17.9. The molecule has 1 atom stereocenters. The molecule has 102 valence electrons. The Kier molecular flexibility index (Phi) is 4.89. The first-order valence-electron chi connectivity index (χ1n) is 6.70. The van der Waals surface area contributed by atoms with E-state index in [1.165, 1.54) is 6.07 Å². The highest BCUT2D eigenvalue weighted by Gasteiger charge is 2.19. The maximum atomic E-state index is 13.2. The molecule has 19 heavy (non-hydrogen) atoms. The van der Waals surface area contributed by atoms with Gasteiger partial charge in [0.1, 0.15) is 11.9 Å². The first-order chi connectivity index (χ1) is 9.20. The van der Waals surface area contributed by atoms with Crippen LogP contribution in [0.5, 0.6) is 0 Å². The molecule has 0 aromatic heterocycles. The van der Waals surface area contributed by atoms with E-state index in [-0.39, 0.29) is 5.56 Å². The first-order valence-corrected chi connectivity index (χ1v) is 6.70. The average molecular weight is 262 g/mol. The van der Waals surface area contributed by atoms with Crippen LogP contribution in [0.2, 0.25) is 0 Å². The molecule has 1 aromatic carbocycles. The fourth-order valence-corrected chi connectivity index (χ4v) is 2.43. The van der Waals surface area contributed by atoms with Gasteiger partial charge in [-0.3, -0.25) is 0 Å². The highest BCUT2D eigenvalue weighted by molar-refractivity contribution is 5.34. The lowest BCUT2D eigenvalue weighted by Gasteiger charge is -2.28. The van der Waals surface area contributed by atoms with Gasteiger partial charge in [0.25, 0.3) is 0 Å². The quantitative estimate of drug-likeness (QED) is 0.907. The van der Waals surface area contributed by atoms with E-state index in [0.29, 0.717) is 18.5 Å². The second-order valence-corrected chi connectivity index (χ2v) is 5.05. The molecule has 1 unspecified atom stereocenters. The number of hydrogen-bond acceptors (Lipinski definition) is 3. The summed E-state index contributed by atoms with van der Waals surface area (Å²) in [4.78, 5) is 0. The van der Waals surface area contributed by atoms with Gasteiger partial charge in [0, 0.05) is 25.8 Å². The van der Waals surface area contributed by atoms with Crippen molar-refractivity contribution < 1.29 is 9.13 Å². The van der Waals surface area contributed by atoms with Crippen LogP contribution in [0.4, 0.5) is 4.39 Å². The molecule has 1 aromatic rings. The summed E-state index contributed by atoms with van der Waals surface area (Å²) in [5, 5.41) is 12.3. The molecule has 0 aliphatic carbocycles. The summed E-state index contributed by atoms with van der Waals surface area (Å²) in [6.07, 6.45) is 2.17. The van der Waals surface area contributed by atoms with Crippen LogP contribution in [0.3, 0.4) is 0 Å². The van der Waals surface area contributed by atoms with Gasteiger partial charge in [-0.1, -0.05) is 6.07 Å². The second kappa shape index (κ2) is 6.65. The first kappa shape index (κ1) is 14.0. The molecule has 1 aliphatic rings. The highest BCUT2D eigenvalue weighted by atomic mass is 19.1. The van der Waals surface area contributed by atoms with E-state index in [2.05, 4.69) is 12.2 Å². The van der Waals surface area contributed by atoms with Crippen LogP contribution in [0.25, 0.3) is 0 Å². The molecule has 1 heterocycles. The van der Waals surface area contributed by atoms with Crippen molar-refractivity contribution in [2.45, 2.75) is 32.4 Å². The minimum absolute atomic E-state index is 0.109. The van der Waals surface area contributed by atoms with E-state index < -0.39 is 5.82 Å². The number of ether oxygens (including phenoxy) is 1. The van der Waals surface area contributed by atoms with Gasteiger partial charge in [-0.2, -0.15) is 5.26 Å². The largest absolute Gasteiger partial charge is 0.381 e. The van der Waals surface area contributed by atoms with E-state index in [4.69, 9.17) is 10.00 Å². The van der Waals surface area contributed by atoms with Crippen molar-refractivity contribution in [3.63, 3.8) is 0 Å². The van der Waals surface area contributed by atoms with Crippen LogP contribution >= 0.6 is 0 Å². The van der Waals surface area contributed by atoms with E-state index in [9.17, 15) is 4.39 Å². The van der Waals surface area contributed by atoms with Crippen molar-refractivity contribution in [2.75, 3.05) is 13.2 Å². The minimum Gasteiger partial charge on any atom is -0.381 e. The Morgan fingerprint density at radius 3 is 2.89 bits per heavy atom. The van der Waals surface area contributed by atoms with Crippen LogP contribution in [-0.2, 0) is 11.3 Å². The van der Waals surface area contributed by atoms with Gasteiger partial charge >= 0.3 is 0 Å². The number of nitrogens with zero attached hydrogens (tertiary/aromatic N) is 1. The monoisotopic (exact) mass is 262 g/mol. The number of halogens is 1. The third-order valence-electron chi connectivity index (χ3n) is 3.75. The van der Waals surface area contributed by atoms with Gasteiger partial charge in [0.15, 0.2) is 0 Å². The van der Waals surface area contributed by atoms with E-state index in [1.54, 1.807) is 12.1 Å². The zero-order valence-electron chi connectivity index (χ0n) is 11.2. The molecule has 0 bridgehead atoms. The van der Waals surface area contributed by atoms with Gasteiger partial charge in [0.05, 0.1) is 5.56 Å². The smallest absolute Gasteiger partial charge is 0.140 e. The van der Waals surface area contributed by atoms with Crippen LogP contribution < -0.4 is 5.32 Å². The maximum Gasteiger partial charge on any atom is 0.140 e. The third kappa shape index (κ3) is 3.76. The van der Waals surface area contributed by atoms with E-state index >= 15 is 0 Å². The summed E-state index contributed by atoms with van der Waals surface area (Å²) >= 11 is 0. The second-order valence-electron chi connectivity index (χ2n) is 5.05. The lowest BCUT2D eigenvalue weighted by molar-refractivity contribution is 0.0558. The maximum absolute atomic E-state index is 13.2. The van der Waals surface area contributed by atoms with Gasteiger partial charge < -0.3 is 10.1 Å². The molecular formula is C15H19FN2O. The molecule has 1 fully saturated rings. The summed E-state index contributed by atoms with van der Waals surface area (Å²) < 4.78 is 18.6. The van der Waals surface area contributed by atoms with Crippen LogP contribution in [0.15, 0.2) is 18.2 Å². The Morgan fingerprint density at radius 1 is 1.47 bits per heavy atom. The van der Waals surface area contributed by atoms with Gasteiger partial charge in [-0.15, -0.1) is 0 Å². The Bertz CT molecular complexity index is 464. The lowest BCUT2D eigenvalue weighted by Crippen LogP contribution is -2.36. The van der Waals surface area contributed by atoms with Crippen LogP contribution in [0.1, 0.15) is 30.9 Å². The summed E-state index contributed by atoms with van der Waals surface area (Å²) in [7, 11) is 0. The third-order valence-corrected chi connectivity index (χ3v) is 3.75. The standard InChI is InChI=1S/C15H19FN2O/c1-11(13-4-6-19-7-5-13)18-10-12-2-3-15(16)14(8-12)9-17/h2-3,8,11,13,18H,4-7,10H2,1H3. The molecule has 0 spiro atoms.